The Balaban J connectivity index is 2.45. The van der Waals surface area contributed by atoms with Crippen molar-refractivity contribution in [1.82, 2.24) is 20.2 Å². The molecule has 0 fully saturated rings. The zero-order valence-corrected chi connectivity index (χ0v) is 9.87. The molecule has 1 unspecified atom stereocenters. The number of ketones is 1. The number of hydrogen-bond donors (Lipinski definition) is 0. The Morgan fingerprint density at radius 1 is 1.35 bits per heavy atom. The lowest BCUT2D eigenvalue weighted by Crippen LogP contribution is -2.14. The molecule has 0 aliphatic carbocycles. The van der Waals surface area contributed by atoms with Crippen molar-refractivity contribution < 1.29 is 4.79 Å². The number of rotatable bonds is 4. The van der Waals surface area contributed by atoms with Crippen LogP contribution < -0.4 is 0 Å². The maximum absolute atomic E-state index is 11.5. The van der Waals surface area contributed by atoms with Crippen molar-refractivity contribution in [2.24, 2.45) is 0 Å². The minimum Gasteiger partial charge on any atom is -0.299 e. The largest absolute Gasteiger partial charge is 0.299 e. The number of tetrazole rings is 1. The van der Waals surface area contributed by atoms with Crippen molar-refractivity contribution in [3.63, 3.8) is 0 Å². The van der Waals surface area contributed by atoms with Gasteiger partial charge >= 0.3 is 0 Å². The van der Waals surface area contributed by atoms with Crippen LogP contribution >= 0.6 is 0 Å². The van der Waals surface area contributed by atoms with Gasteiger partial charge in [0.2, 0.25) is 0 Å². The van der Waals surface area contributed by atoms with Crippen LogP contribution in [0.25, 0.3) is 5.69 Å². The van der Waals surface area contributed by atoms with Crippen LogP contribution in [0.4, 0.5) is 0 Å². The third kappa shape index (κ3) is 2.22. The van der Waals surface area contributed by atoms with Gasteiger partial charge in [0.05, 0.1) is 11.6 Å². The van der Waals surface area contributed by atoms with Crippen LogP contribution in [-0.4, -0.2) is 26.0 Å². The second-order valence-electron chi connectivity index (χ2n) is 3.86. The van der Waals surface area contributed by atoms with E-state index in [0.717, 1.165) is 5.69 Å². The van der Waals surface area contributed by atoms with Gasteiger partial charge in [-0.05, 0) is 35.9 Å². The van der Waals surface area contributed by atoms with Crippen molar-refractivity contribution in [2.75, 3.05) is 0 Å². The van der Waals surface area contributed by atoms with Crippen LogP contribution in [0.15, 0.2) is 30.3 Å². The first-order valence-corrected chi connectivity index (χ1v) is 5.58. The summed E-state index contributed by atoms with van der Waals surface area (Å²) in [7, 11) is 0. The quantitative estimate of drug-likeness (QED) is 0.802. The van der Waals surface area contributed by atoms with Gasteiger partial charge in [0.1, 0.15) is 5.78 Å². The lowest BCUT2D eigenvalue weighted by atomic mass is 10.0. The molecular formula is C12H14N4O. The summed E-state index contributed by atoms with van der Waals surface area (Å²) in [5.74, 6) is 0.441. The Kier molecular flexibility index (Phi) is 3.27. The van der Waals surface area contributed by atoms with Gasteiger partial charge in [0.15, 0.2) is 5.82 Å². The minimum atomic E-state index is -0.245. The Morgan fingerprint density at radius 3 is 2.65 bits per heavy atom. The summed E-state index contributed by atoms with van der Waals surface area (Å²) < 4.78 is 1.62. The fourth-order valence-electron chi connectivity index (χ4n) is 1.82. The maximum atomic E-state index is 11.5. The fraction of sp³-hybridized carbons (Fsp3) is 0.333. The smallest absolute Gasteiger partial charge is 0.167 e. The van der Waals surface area contributed by atoms with E-state index < -0.39 is 0 Å². The van der Waals surface area contributed by atoms with E-state index in [1.54, 1.807) is 11.6 Å². The number of Topliss-reactive ketones (excluding diaryl/α,β-unsaturated/α-hetero) is 1. The molecule has 0 aliphatic heterocycles. The Hall–Kier alpha value is -2.04. The highest BCUT2D eigenvalue weighted by atomic mass is 16.1. The molecule has 0 aliphatic rings. The lowest BCUT2D eigenvalue weighted by Gasteiger charge is -2.10. The molecule has 5 nitrogen and oxygen atoms in total. The molecule has 2 aromatic rings. The predicted molar refractivity (Wildman–Crippen MR) is 62.9 cm³/mol. The molecule has 2 rings (SSSR count). The van der Waals surface area contributed by atoms with E-state index in [9.17, 15) is 4.79 Å². The van der Waals surface area contributed by atoms with Crippen LogP contribution in [0.3, 0.4) is 0 Å². The second-order valence-corrected chi connectivity index (χ2v) is 3.86. The molecule has 0 bridgehead atoms. The normalized spacial score (nSPS) is 12.4. The molecule has 1 atom stereocenters. The molecule has 0 amide bonds. The summed E-state index contributed by atoms with van der Waals surface area (Å²) in [5, 5.41) is 11.6. The van der Waals surface area contributed by atoms with Crippen molar-refractivity contribution in [2.45, 2.75) is 26.2 Å². The molecule has 17 heavy (non-hydrogen) atoms. The van der Waals surface area contributed by atoms with Crippen LogP contribution in [0.1, 0.15) is 32.0 Å². The van der Waals surface area contributed by atoms with Gasteiger partial charge < -0.3 is 0 Å². The van der Waals surface area contributed by atoms with E-state index in [1.807, 2.05) is 37.3 Å². The summed E-state index contributed by atoms with van der Waals surface area (Å²) in [6.07, 6.45) is 0.697. The fourth-order valence-corrected chi connectivity index (χ4v) is 1.82. The number of hydrogen-bond acceptors (Lipinski definition) is 4. The Bertz CT molecular complexity index is 506. The van der Waals surface area contributed by atoms with Crippen molar-refractivity contribution >= 4 is 5.78 Å². The summed E-state index contributed by atoms with van der Waals surface area (Å²) in [6, 6.07) is 9.57. The second kappa shape index (κ2) is 4.86. The molecule has 0 spiro atoms. The zero-order chi connectivity index (χ0) is 12.3. The molecule has 0 radical (unpaired) electrons. The molecule has 1 heterocycles. The summed E-state index contributed by atoms with van der Waals surface area (Å²) >= 11 is 0. The molecule has 0 saturated heterocycles. The topological polar surface area (TPSA) is 60.7 Å². The molecule has 1 aromatic carbocycles. The van der Waals surface area contributed by atoms with E-state index in [4.69, 9.17) is 0 Å². The summed E-state index contributed by atoms with van der Waals surface area (Å²) in [6.45, 7) is 3.52. The average Bonchev–Trinajstić information content (AvgIpc) is 2.80. The van der Waals surface area contributed by atoms with Crippen LogP contribution in [0.5, 0.6) is 0 Å². The molecule has 1 aromatic heterocycles. The van der Waals surface area contributed by atoms with Gasteiger partial charge in [0, 0.05) is 0 Å². The first-order valence-electron chi connectivity index (χ1n) is 5.58. The van der Waals surface area contributed by atoms with Crippen molar-refractivity contribution in [3.05, 3.63) is 36.2 Å². The number of para-hydroxylation sites is 1. The Morgan fingerprint density at radius 2 is 2.06 bits per heavy atom. The van der Waals surface area contributed by atoms with Crippen LogP contribution in [0.2, 0.25) is 0 Å². The number of aromatic nitrogens is 4. The van der Waals surface area contributed by atoms with Gasteiger partial charge in [-0.2, -0.15) is 4.68 Å². The average molecular weight is 230 g/mol. The van der Waals surface area contributed by atoms with Gasteiger partial charge in [-0.25, -0.2) is 0 Å². The van der Waals surface area contributed by atoms with E-state index in [-0.39, 0.29) is 11.7 Å². The van der Waals surface area contributed by atoms with Crippen LogP contribution in [-0.2, 0) is 4.79 Å². The van der Waals surface area contributed by atoms with Gasteiger partial charge in [-0.3, -0.25) is 4.79 Å². The molecular weight excluding hydrogens is 216 g/mol. The highest BCUT2D eigenvalue weighted by molar-refractivity contribution is 5.82. The minimum absolute atomic E-state index is 0.0829. The monoisotopic (exact) mass is 230 g/mol. The number of carbonyl (C=O) groups is 1. The highest BCUT2D eigenvalue weighted by Gasteiger charge is 2.22. The Labute approximate surface area is 99.5 Å². The first-order chi connectivity index (χ1) is 8.24. The SMILES string of the molecule is CCC(C(C)=O)c1nnnn1-c1ccccc1. The van der Waals surface area contributed by atoms with Crippen molar-refractivity contribution in [1.29, 1.82) is 0 Å². The van der Waals surface area contributed by atoms with E-state index in [2.05, 4.69) is 15.5 Å². The van der Waals surface area contributed by atoms with Gasteiger partial charge in [-0.1, -0.05) is 25.1 Å². The molecule has 0 N–H and O–H groups in total. The highest BCUT2D eigenvalue weighted by Crippen LogP contribution is 2.20. The molecule has 88 valence electrons. The standard InChI is InChI=1S/C12H14N4O/c1-3-11(9(2)17)12-13-14-15-16(12)10-7-5-4-6-8-10/h4-8,11H,3H2,1-2H3. The van der Waals surface area contributed by atoms with Crippen molar-refractivity contribution in [3.8, 4) is 5.69 Å². The lowest BCUT2D eigenvalue weighted by molar-refractivity contribution is -0.118. The van der Waals surface area contributed by atoms with E-state index >= 15 is 0 Å². The van der Waals surface area contributed by atoms with Gasteiger partial charge in [0.25, 0.3) is 0 Å². The maximum Gasteiger partial charge on any atom is 0.167 e. The number of nitrogens with zero attached hydrogens (tertiary/aromatic N) is 4. The third-order valence-corrected chi connectivity index (χ3v) is 2.71. The molecule has 5 heteroatoms. The number of carbonyl (C=O) groups excluding carboxylic acids is 1. The zero-order valence-electron chi connectivity index (χ0n) is 9.87. The first kappa shape index (κ1) is 11.4. The third-order valence-electron chi connectivity index (χ3n) is 2.71. The predicted octanol–water partition coefficient (Wildman–Crippen LogP) is 1.74. The van der Waals surface area contributed by atoms with Crippen LogP contribution in [0, 0.1) is 0 Å². The van der Waals surface area contributed by atoms with E-state index in [0.29, 0.717) is 12.2 Å². The van der Waals surface area contributed by atoms with E-state index in [1.165, 1.54) is 0 Å². The molecule has 0 saturated carbocycles. The van der Waals surface area contributed by atoms with Gasteiger partial charge in [-0.15, -0.1) is 5.10 Å². The number of benzene rings is 1. The summed E-state index contributed by atoms with van der Waals surface area (Å²) in [5.41, 5.74) is 0.868. The summed E-state index contributed by atoms with van der Waals surface area (Å²) in [4.78, 5) is 11.5.